The summed E-state index contributed by atoms with van der Waals surface area (Å²) in [5.41, 5.74) is 0. The van der Waals surface area contributed by atoms with Crippen LogP contribution in [0.4, 0.5) is 0 Å². The summed E-state index contributed by atoms with van der Waals surface area (Å²) in [6, 6.07) is 0.314. The molecule has 0 aromatic carbocycles. The van der Waals surface area contributed by atoms with E-state index in [1.165, 1.54) is 25.1 Å². The van der Waals surface area contributed by atoms with Crippen LogP contribution in [0, 0.1) is 0 Å². The van der Waals surface area contributed by atoms with Crippen LogP contribution >= 0.6 is 0 Å². The predicted molar refractivity (Wildman–Crippen MR) is 59.7 cm³/mol. The van der Waals surface area contributed by atoms with E-state index in [-0.39, 0.29) is 0 Å². The van der Waals surface area contributed by atoms with Gasteiger partial charge in [-0.2, -0.15) is 0 Å². The number of rotatable bonds is 3. The lowest BCUT2D eigenvalue weighted by molar-refractivity contribution is 0.514. The van der Waals surface area contributed by atoms with Crippen LogP contribution in [0.3, 0.4) is 0 Å². The molecular weight excluding hydrogens is 188 g/mol. The molecule has 0 saturated heterocycles. The Bertz CT molecular complexity index is 318. The molecule has 2 rings (SSSR count). The lowest BCUT2D eigenvalue weighted by Gasteiger charge is -2.13. The van der Waals surface area contributed by atoms with Crippen molar-refractivity contribution >= 4 is 0 Å². The van der Waals surface area contributed by atoms with Gasteiger partial charge in [-0.3, -0.25) is 0 Å². The van der Waals surface area contributed by atoms with Gasteiger partial charge in [-0.15, -0.1) is 10.2 Å². The fraction of sp³-hybridized carbons (Fsp3) is 0.818. The predicted octanol–water partition coefficient (Wildman–Crippen LogP) is 1.68. The van der Waals surface area contributed by atoms with Crippen LogP contribution in [0.2, 0.25) is 0 Å². The zero-order valence-electron chi connectivity index (χ0n) is 9.66. The van der Waals surface area contributed by atoms with E-state index in [2.05, 4.69) is 33.9 Å². The number of hydrogen-bond acceptors (Lipinski definition) is 3. The van der Waals surface area contributed by atoms with E-state index < -0.39 is 0 Å². The van der Waals surface area contributed by atoms with Crippen LogP contribution in [0.15, 0.2) is 0 Å². The molecule has 0 aliphatic carbocycles. The Kier molecular flexibility index (Phi) is 3.36. The monoisotopic (exact) mass is 208 g/mol. The molecule has 4 heteroatoms. The lowest BCUT2D eigenvalue weighted by Crippen LogP contribution is -2.22. The van der Waals surface area contributed by atoms with E-state index in [0.29, 0.717) is 6.04 Å². The molecule has 1 N–H and O–H groups in total. The zero-order chi connectivity index (χ0) is 10.7. The summed E-state index contributed by atoms with van der Waals surface area (Å²) in [5, 5.41) is 12.0. The Morgan fingerprint density at radius 3 is 3.00 bits per heavy atom. The maximum absolute atomic E-state index is 4.31. The van der Waals surface area contributed by atoms with Gasteiger partial charge >= 0.3 is 0 Å². The number of fused-ring (bicyclic) bond motifs is 1. The summed E-state index contributed by atoms with van der Waals surface area (Å²) in [6.07, 6.45) is 4.93. The fourth-order valence-corrected chi connectivity index (χ4v) is 2.23. The second kappa shape index (κ2) is 4.75. The van der Waals surface area contributed by atoms with Crippen molar-refractivity contribution in [2.45, 2.75) is 52.1 Å². The summed E-state index contributed by atoms with van der Waals surface area (Å²) in [7, 11) is 0. The van der Waals surface area contributed by atoms with Crippen molar-refractivity contribution in [1.82, 2.24) is 20.1 Å². The molecule has 0 bridgehead atoms. The molecule has 1 unspecified atom stereocenters. The number of hydrogen-bond donors (Lipinski definition) is 1. The highest BCUT2D eigenvalue weighted by atomic mass is 15.3. The summed E-state index contributed by atoms with van der Waals surface area (Å²) < 4.78 is 2.31. The first-order valence-electron chi connectivity index (χ1n) is 5.98. The van der Waals surface area contributed by atoms with Crippen LogP contribution < -0.4 is 5.32 Å². The largest absolute Gasteiger partial charge is 0.314 e. The molecule has 0 fully saturated rings. The van der Waals surface area contributed by atoms with Crippen LogP contribution in [-0.2, 0) is 13.0 Å². The van der Waals surface area contributed by atoms with Gasteiger partial charge in [0.15, 0.2) is 0 Å². The van der Waals surface area contributed by atoms with E-state index in [1.54, 1.807) is 0 Å². The van der Waals surface area contributed by atoms with E-state index in [4.69, 9.17) is 0 Å². The molecule has 84 valence electrons. The van der Waals surface area contributed by atoms with Crippen molar-refractivity contribution < 1.29 is 0 Å². The Balaban J connectivity index is 2.21. The molecule has 15 heavy (non-hydrogen) atoms. The molecule has 1 atom stereocenters. The molecule has 1 aliphatic heterocycles. The molecule has 0 radical (unpaired) electrons. The van der Waals surface area contributed by atoms with Crippen LogP contribution in [0.1, 0.15) is 50.8 Å². The Hall–Kier alpha value is -0.900. The van der Waals surface area contributed by atoms with Gasteiger partial charge in [0, 0.05) is 13.0 Å². The van der Waals surface area contributed by atoms with Gasteiger partial charge in [0.25, 0.3) is 0 Å². The standard InChI is InChI=1S/C11H20N4/c1-3-12-9(2)11-14-13-10-7-5-4-6-8-15(10)11/h9,12H,3-8H2,1-2H3. The fourth-order valence-electron chi connectivity index (χ4n) is 2.23. The molecule has 0 amide bonds. The molecule has 0 saturated carbocycles. The van der Waals surface area contributed by atoms with Gasteiger partial charge in [-0.1, -0.05) is 13.3 Å². The summed E-state index contributed by atoms with van der Waals surface area (Å²) >= 11 is 0. The minimum Gasteiger partial charge on any atom is -0.314 e. The first-order chi connectivity index (χ1) is 7.33. The van der Waals surface area contributed by atoms with Gasteiger partial charge in [-0.25, -0.2) is 0 Å². The summed E-state index contributed by atoms with van der Waals surface area (Å²) in [6.45, 7) is 6.35. The Morgan fingerprint density at radius 1 is 1.33 bits per heavy atom. The SMILES string of the molecule is CCNC(C)c1nnc2n1CCCCC2. The highest BCUT2D eigenvalue weighted by Crippen LogP contribution is 2.18. The molecule has 1 aromatic heterocycles. The van der Waals surface area contributed by atoms with Crippen molar-refractivity contribution in [3.63, 3.8) is 0 Å². The summed E-state index contributed by atoms with van der Waals surface area (Å²) in [4.78, 5) is 0. The second-order valence-corrected chi connectivity index (χ2v) is 4.22. The average molecular weight is 208 g/mol. The molecule has 1 aromatic rings. The molecule has 1 aliphatic rings. The topological polar surface area (TPSA) is 42.7 Å². The normalized spacial score (nSPS) is 18.3. The summed E-state index contributed by atoms with van der Waals surface area (Å²) in [5.74, 6) is 2.28. The first kappa shape index (κ1) is 10.6. The highest BCUT2D eigenvalue weighted by Gasteiger charge is 2.18. The third-order valence-electron chi connectivity index (χ3n) is 3.04. The minimum atomic E-state index is 0.314. The zero-order valence-corrected chi connectivity index (χ0v) is 9.66. The number of nitrogens with one attached hydrogen (secondary N) is 1. The van der Waals surface area contributed by atoms with Crippen molar-refractivity contribution in [3.05, 3.63) is 11.6 Å². The maximum Gasteiger partial charge on any atom is 0.149 e. The molecule has 2 heterocycles. The van der Waals surface area contributed by atoms with Crippen LogP contribution in [0.25, 0.3) is 0 Å². The van der Waals surface area contributed by atoms with Gasteiger partial charge in [0.1, 0.15) is 11.6 Å². The van der Waals surface area contributed by atoms with E-state index in [1.807, 2.05) is 0 Å². The quantitative estimate of drug-likeness (QED) is 0.821. The molecule has 0 spiro atoms. The van der Waals surface area contributed by atoms with Gasteiger partial charge < -0.3 is 9.88 Å². The van der Waals surface area contributed by atoms with E-state index in [9.17, 15) is 0 Å². The van der Waals surface area contributed by atoms with Crippen LogP contribution in [0.5, 0.6) is 0 Å². The highest BCUT2D eigenvalue weighted by molar-refractivity contribution is 5.01. The first-order valence-corrected chi connectivity index (χ1v) is 5.98. The Morgan fingerprint density at radius 2 is 2.20 bits per heavy atom. The third-order valence-corrected chi connectivity index (χ3v) is 3.04. The third kappa shape index (κ3) is 2.20. The maximum atomic E-state index is 4.31. The van der Waals surface area contributed by atoms with Gasteiger partial charge in [0.05, 0.1) is 6.04 Å². The van der Waals surface area contributed by atoms with Crippen molar-refractivity contribution in [2.24, 2.45) is 0 Å². The van der Waals surface area contributed by atoms with Crippen LogP contribution in [-0.4, -0.2) is 21.3 Å². The lowest BCUT2D eigenvalue weighted by atomic mass is 10.2. The van der Waals surface area contributed by atoms with Gasteiger partial charge in [0.2, 0.25) is 0 Å². The van der Waals surface area contributed by atoms with Gasteiger partial charge in [-0.05, 0) is 26.3 Å². The van der Waals surface area contributed by atoms with E-state index in [0.717, 1.165) is 25.3 Å². The molecule has 4 nitrogen and oxygen atoms in total. The average Bonchev–Trinajstić information content (AvgIpc) is 2.48. The smallest absolute Gasteiger partial charge is 0.149 e. The van der Waals surface area contributed by atoms with E-state index >= 15 is 0 Å². The number of aryl methyl sites for hydroxylation is 1. The number of aromatic nitrogens is 3. The van der Waals surface area contributed by atoms with Crippen molar-refractivity contribution in [1.29, 1.82) is 0 Å². The van der Waals surface area contributed by atoms with Crippen molar-refractivity contribution in [3.8, 4) is 0 Å². The van der Waals surface area contributed by atoms with Crippen molar-refractivity contribution in [2.75, 3.05) is 6.54 Å². The molecular formula is C11H20N4. The number of nitrogens with zero attached hydrogens (tertiary/aromatic N) is 3. The second-order valence-electron chi connectivity index (χ2n) is 4.22. The minimum absolute atomic E-state index is 0.314. The Labute approximate surface area is 91.1 Å².